The van der Waals surface area contributed by atoms with Crippen LogP contribution in [0.25, 0.3) is 0 Å². The van der Waals surface area contributed by atoms with Gasteiger partial charge in [-0.15, -0.1) is 0 Å². The summed E-state index contributed by atoms with van der Waals surface area (Å²) in [5.41, 5.74) is 4.69. The van der Waals surface area contributed by atoms with Gasteiger partial charge in [0.1, 0.15) is 11.3 Å². The van der Waals surface area contributed by atoms with Crippen molar-refractivity contribution in [3.63, 3.8) is 0 Å². The number of benzene rings is 2. The van der Waals surface area contributed by atoms with Crippen LogP contribution in [0.2, 0.25) is 0 Å². The molecule has 0 aliphatic carbocycles. The molecule has 2 aromatic carbocycles. The molecule has 0 aromatic heterocycles. The minimum Gasteiger partial charge on any atom is -0.507 e. The Balaban J connectivity index is 1.90. The van der Waals surface area contributed by atoms with Crippen LogP contribution in [-0.4, -0.2) is 29.0 Å². The van der Waals surface area contributed by atoms with E-state index in [9.17, 15) is 19.5 Å². The molecule has 0 unspecified atom stereocenters. The summed E-state index contributed by atoms with van der Waals surface area (Å²) in [6.45, 7) is 1.34. The van der Waals surface area contributed by atoms with Gasteiger partial charge in [-0.1, -0.05) is 34.1 Å². The summed E-state index contributed by atoms with van der Waals surface area (Å²) in [4.78, 5) is 35.8. The summed E-state index contributed by atoms with van der Waals surface area (Å²) in [6.07, 6.45) is -1.18. The standard InChI is InChI=1S/C17H15BrN2O5/c1-10(25-17(24)13-9-12(18)7-8-14(13)21)15(22)19-20-16(23)11-5-3-2-4-6-11/h2-10,21H,1H3,(H,19,22)(H,20,23)/t10-/m0/s1. The number of phenols is 1. The summed E-state index contributed by atoms with van der Waals surface area (Å²) in [7, 11) is 0. The van der Waals surface area contributed by atoms with E-state index in [2.05, 4.69) is 26.8 Å². The molecule has 0 spiro atoms. The van der Waals surface area contributed by atoms with Crippen LogP contribution in [0.5, 0.6) is 5.75 Å². The maximum absolute atomic E-state index is 12.0. The van der Waals surface area contributed by atoms with Gasteiger partial charge in [0.05, 0.1) is 0 Å². The van der Waals surface area contributed by atoms with Crippen molar-refractivity contribution in [2.24, 2.45) is 0 Å². The largest absolute Gasteiger partial charge is 0.507 e. The van der Waals surface area contributed by atoms with Crippen molar-refractivity contribution in [1.29, 1.82) is 0 Å². The van der Waals surface area contributed by atoms with Crippen molar-refractivity contribution in [2.45, 2.75) is 13.0 Å². The van der Waals surface area contributed by atoms with Gasteiger partial charge in [-0.3, -0.25) is 20.4 Å². The molecule has 0 aliphatic rings. The molecular weight excluding hydrogens is 392 g/mol. The Morgan fingerprint density at radius 1 is 1.08 bits per heavy atom. The van der Waals surface area contributed by atoms with Crippen LogP contribution >= 0.6 is 15.9 Å². The Morgan fingerprint density at radius 3 is 2.44 bits per heavy atom. The fourth-order valence-corrected chi connectivity index (χ4v) is 2.19. The van der Waals surface area contributed by atoms with Crippen LogP contribution in [0.15, 0.2) is 53.0 Å². The Morgan fingerprint density at radius 2 is 1.76 bits per heavy atom. The maximum Gasteiger partial charge on any atom is 0.342 e. The molecule has 7 nitrogen and oxygen atoms in total. The lowest BCUT2D eigenvalue weighted by Gasteiger charge is -2.14. The predicted molar refractivity (Wildman–Crippen MR) is 92.7 cm³/mol. The average molecular weight is 407 g/mol. The third-order valence-electron chi connectivity index (χ3n) is 3.17. The highest BCUT2D eigenvalue weighted by molar-refractivity contribution is 9.10. The van der Waals surface area contributed by atoms with Crippen LogP contribution < -0.4 is 10.9 Å². The molecule has 2 rings (SSSR count). The number of esters is 1. The van der Waals surface area contributed by atoms with E-state index in [1.807, 2.05) is 0 Å². The third kappa shape index (κ3) is 5.05. The zero-order valence-electron chi connectivity index (χ0n) is 13.2. The van der Waals surface area contributed by atoms with Crippen molar-refractivity contribution < 1.29 is 24.2 Å². The summed E-state index contributed by atoms with van der Waals surface area (Å²) < 4.78 is 5.56. The highest BCUT2D eigenvalue weighted by atomic mass is 79.9. The van der Waals surface area contributed by atoms with Gasteiger partial charge < -0.3 is 9.84 Å². The maximum atomic E-state index is 12.0. The molecule has 0 radical (unpaired) electrons. The monoisotopic (exact) mass is 406 g/mol. The first kappa shape index (κ1) is 18.5. The van der Waals surface area contributed by atoms with Crippen LogP contribution in [0.3, 0.4) is 0 Å². The number of hydrazine groups is 1. The van der Waals surface area contributed by atoms with Crippen LogP contribution in [0.1, 0.15) is 27.6 Å². The van der Waals surface area contributed by atoms with Gasteiger partial charge in [0, 0.05) is 10.0 Å². The number of nitrogens with one attached hydrogen (secondary N) is 2. The number of ether oxygens (including phenoxy) is 1. The van der Waals surface area contributed by atoms with Crippen LogP contribution in [0, 0.1) is 0 Å². The summed E-state index contributed by atoms with van der Waals surface area (Å²) in [5, 5.41) is 9.68. The molecule has 0 saturated heterocycles. The van der Waals surface area contributed by atoms with E-state index >= 15 is 0 Å². The van der Waals surface area contributed by atoms with E-state index < -0.39 is 23.9 Å². The quantitative estimate of drug-likeness (QED) is 0.532. The molecule has 3 N–H and O–H groups in total. The van der Waals surface area contributed by atoms with Crippen molar-refractivity contribution in [1.82, 2.24) is 10.9 Å². The van der Waals surface area contributed by atoms with E-state index in [1.165, 1.54) is 19.1 Å². The Kier molecular flexibility index (Phi) is 6.13. The minimum atomic E-state index is -1.18. The molecular formula is C17H15BrN2O5. The molecule has 2 aromatic rings. The first-order valence-corrected chi connectivity index (χ1v) is 8.02. The zero-order chi connectivity index (χ0) is 18.4. The lowest BCUT2D eigenvalue weighted by Crippen LogP contribution is -2.46. The normalized spacial score (nSPS) is 11.3. The smallest absolute Gasteiger partial charge is 0.342 e. The average Bonchev–Trinajstić information content (AvgIpc) is 2.61. The number of halogens is 1. The summed E-state index contributed by atoms with van der Waals surface area (Å²) in [5.74, 6) is -2.35. The van der Waals surface area contributed by atoms with Gasteiger partial charge >= 0.3 is 5.97 Å². The SMILES string of the molecule is C[C@H](OC(=O)c1cc(Br)ccc1O)C(=O)NNC(=O)c1ccccc1. The molecule has 2 amide bonds. The molecule has 0 bridgehead atoms. The van der Waals surface area contributed by atoms with Gasteiger partial charge in [-0.25, -0.2) is 4.79 Å². The van der Waals surface area contributed by atoms with E-state index in [-0.39, 0.29) is 11.3 Å². The van der Waals surface area contributed by atoms with E-state index in [1.54, 1.807) is 36.4 Å². The molecule has 0 fully saturated rings. The second kappa shape index (κ2) is 8.29. The van der Waals surface area contributed by atoms with Crippen LogP contribution in [-0.2, 0) is 9.53 Å². The Labute approximate surface area is 152 Å². The topological polar surface area (TPSA) is 105 Å². The first-order valence-electron chi connectivity index (χ1n) is 7.23. The number of phenolic OH excluding ortho intramolecular Hbond substituents is 1. The van der Waals surface area contributed by atoms with Crippen molar-refractivity contribution in [3.05, 3.63) is 64.1 Å². The molecule has 0 saturated carbocycles. The zero-order valence-corrected chi connectivity index (χ0v) is 14.7. The number of amides is 2. The minimum absolute atomic E-state index is 0.0812. The molecule has 0 aliphatic heterocycles. The first-order chi connectivity index (χ1) is 11.9. The van der Waals surface area contributed by atoms with Crippen molar-refractivity contribution in [2.75, 3.05) is 0 Å². The predicted octanol–water partition coefficient (Wildman–Crippen LogP) is 2.16. The van der Waals surface area contributed by atoms with E-state index in [4.69, 9.17) is 4.74 Å². The molecule has 0 heterocycles. The fourth-order valence-electron chi connectivity index (χ4n) is 1.83. The summed E-state index contributed by atoms with van der Waals surface area (Å²) in [6, 6.07) is 12.6. The number of hydrogen-bond acceptors (Lipinski definition) is 5. The number of rotatable bonds is 4. The van der Waals surface area contributed by atoms with Gasteiger partial charge in [0.25, 0.3) is 11.8 Å². The van der Waals surface area contributed by atoms with Crippen molar-refractivity contribution in [3.8, 4) is 5.75 Å². The third-order valence-corrected chi connectivity index (χ3v) is 3.66. The number of aromatic hydroxyl groups is 1. The fraction of sp³-hybridized carbons (Fsp3) is 0.118. The number of carbonyl (C=O) groups is 3. The molecule has 1 atom stereocenters. The van der Waals surface area contributed by atoms with Gasteiger partial charge in [0.2, 0.25) is 0 Å². The Hall–Kier alpha value is -2.87. The Bertz CT molecular complexity index is 795. The van der Waals surface area contributed by atoms with Gasteiger partial charge in [0.15, 0.2) is 6.10 Å². The lowest BCUT2D eigenvalue weighted by atomic mass is 10.2. The number of carbonyl (C=O) groups excluding carboxylic acids is 3. The second-order valence-electron chi connectivity index (χ2n) is 5.02. The summed E-state index contributed by atoms with van der Waals surface area (Å²) >= 11 is 3.18. The van der Waals surface area contributed by atoms with Gasteiger partial charge in [-0.05, 0) is 37.3 Å². The molecule has 8 heteroatoms. The van der Waals surface area contributed by atoms with Crippen molar-refractivity contribution >= 4 is 33.7 Å². The van der Waals surface area contributed by atoms with Gasteiger partial charge in [-0.2, -0.15) is 0 Å². The van der Waals surface area contributed by atoms with Crippen LogP contribution in [0.4, 0.5) is 0 Å². The van der Waals surface area contributed by atoms with E-state index in [0.717, 1.165) is 0 Å². The highest BCUT2D eigenvalue weighted by Crippen LogP contribution is 2.22. The molecule has 130 valence electrons. The molecule has 25 heavy (non-hydrogen) atoms. The second-order valence-corrected chi connectivity index (χ2v) is 5.93. The number of hydrogen-bond donors (Lipinski definition) is 3. The van der Waals surface area contributed by atoms with E-state index in [0.29, 0.717) is 10.0 Å². The lowest BCUT2D eigenvalue weighted by molar-refractivity contribution is -0.129. The highest BCUT2D eigenvalue weighted by Gasteiger charge is 2.21.